The second-order valence-corrected chi connectivity index (χ2v) is 4.05. The summed E-state index contributed by atoms with van der Waals surface area (Å²) in [5.41, 5.74) is 0. The van der Waals surface area contributed by atoms with Gasteiger partial charge in [-0.25, -0.2) is 9.44 Å². The fraction of sp³-hybridized carbons (Fsp3) is 0.750. The van der Waals surface area contributed by atoms with E-state index < -0.39 is 10.2 Å². The van der Waals surface area contributed by atoms with E-state index in [9.17, 15) is 8.42 Å². The maximum atomic E-state index is 11.1. The van der Waals surface area contributed by atoms with E-state index in [0.717, 1.165) is 6.42 Å². The molecule has 0 fully saturated rings. The maximum absolute atomic E-state index is 11.1. The molecule has 0 aromatic carbocycles. The Morgan fingerprint density at radius 1 is 1.23 bits per heavy atom. The molecule has 0 amide bonds. The standard InChI is InChI=1S/C8H16N2O2S/c1-3-5-6-8-10-13(11,12)9-7-4-2/h9-10H,4,6-8H2,1-2H3. The SMILES string of the molecule is CC#CCCNS(=O)(=O)NCCC. The van der Waals surface area contributed by atoms with E-state index in [4.69, 9.17) is 0 Å². The summed E-state index contributed by atoms with van der Waals surface area (Å²) in [6, 6.07) is 0. The van der Waals surface area contributed by atoms with Gasteiger partial charge in [-0.2, -0.15) is 8.42 Å². The van der Waals surface area contributed by atoms with Crippen LogP contribution in [0.4, 0.5) is 0 Å². The molecular weight excluding hydrogens is 188 g/mol. The van der Waals surface area contributed by atoms with Crippen LogP contribution in [0.15, 0.2) is 0 Å². The Labute approximate surface area is 80.3 Å². The van der Waals surface area contributed by atoms with Gasteiger partial charge in [-0.15, -0.1) is 11.8 Å². The van der Waals surface area contributed by atoms with E-state index in [1.807, 2.05) is 6.92 Å². The second-order valence-electron chi connectivity index (χ2n) is 2.47. The minimum Gasteiger partial charge on any atom is -0.202 e. The summed E-state index contributed by atoms with van der Waals surface area (Å²) in [5.74, 6) is 5.46. The highest BCUT2D eigenvalue weighted by atomic mass is 32.2. The van der Waals surface area contributed by atoms with Gasteiger partial charge in [0.05, 0.1) is 0 Å². The molecule has 0 unspecified atom stereocenters. The Kier molecular flexibility index (Phi) is 6.59. The van der Waals surface area contributed by atoms with E-state index in [-0.39, 0.29) is 0 Å². The molecule has 0 rings (SSSR count). The van der Waals surface area contributed by atoms with Crippen molar-refractivity contribution < 1.29 is 8.42 Å². The highest BCUT2D eigenvalue weighted by Gasteiger charge is 2.05. The summed E-state index contributed by atoms with van der Waals surface area (Å²) >= 11 is 0. The quantitative estimate of drug-likeness (QED) is 0.481. The van der Waals surface area contributed by atoms with Crippen LogP contribution in [0.2, 0.25) is 0 Å². The average Bonchev–Trinajstić information content (AvgIpc) is 2.09. The largest absolute Gasteiger partial charge is 0.276 e. The van der Waals surface area contributed by atoms with Crippen molar-refractivity contribution in [2.75, 3.05) is 13.1 Å². The molecule has 0 aliphatic rings. The van der Waals surface area contributed by atoms with Crippen molar-refractivity contribution in [3.8, 4) is 11.8 Å². The van der Waals surface area contributed by atoms with Crippen LogP contribution in [-0.2, 0) is 10.2 Å². The van der Waals surface area contributed by atoms with Crippen molar-refractivity contribution in [3.05, 3.63) is 0 Å². The minimum atomic E-state index is -3.29. The smallest absolute Gasteiger partial charge is 0.202 e. The summed E-state index contributed by atoms with van der Waals surface area (Å²) in [6.45, 7) is 4.46. The first kappa shape index (κ1) is 12.4. The molecule has 0 bridgehead atoms. The fourth-order valence-corrected chi connectivity index (χ4v) is 1.61. The summed E-state index contributed by atoms with van der Waals surface area (Å²) in [7, 11) is -3.29. The third-order valence-electron chi connectivity index (χ3n) is 1.26. The molecule has 4 nitrogen and oxygen atoms in total. The van der Waals surface area contributed by atoms with Crippen LogP contribution in [0, 0.1) is 11.8 Å². The van der Waals surface area contributed by atoms with Crippen molar-refractivity contribution in [2.45, 2.75) is 26.7 Å². The molecule has 0 saturated carbocycles. The topological polar surface area (TPSA) is 58.2 Å². The first-order chi connectivity index (χ1) is 6.12. The van der Waals surface area contributed by atoms with E-state index in [2.05, 4.69) is 21.3 Å². The normalized spacial score (nSPS) is 10.6. The van der Waals surface area contributed by atoms with Crippen LogP contribution in [0.1, 0.15) is 26.7 Å². The van der Waals surface area contributed by atoms with Crippen molar-refractivity contribution in [2.24, 2.45) is 0 Å². The predicted molar refractivity (Wildman–Crippen MR) is 53.3 cm³/mol. The zero-order chi connectivity index (χ0) is 10.2. The second kappa shape index (κ2) is 6.89. The van der Waals surface area contributed by atoms with Gasteiger partial charge in [0, 0.05) is 19.5 Å². The van der Waals surface area contributed by atoms with Crippen LogP contribution >= 0.6 is 0 Å². The van der Waals surface area contributed by atoms with E-state index in [0.29, 0.717) is 19.5 Å². The van der Waals surface area contributed by atoms with Gasteiger partial charge in [-0.05, 0) is 13.3 Å². The highest BCUT2D eigenvalue weighted by molar-refractivity contribution is 7.87. The van der Waals surface area contributed by atoms with Crippen molar-refractivity contribution in [3.63, 3.8) is 0 Å². The zero-order valence-corrected chi connectivity index (χ0v) is 8.87. The monoisotopic (exact) mass is 204 g/mol. The summed E-state index contributed by atoms with van der Waals surface area (Å²) in [4.78, 5) is 0. The molecule has 76 valence electrons. The Hall–Kier alpha value is -0.570. The van der Waals surface area contributed by atoms with Crippen LogP contribution in [-0.4, -0.2) is 21.5 Å². The van der Waals surface area contributed by atoms with Crippen LogP contribution in [0.3, 0.4) is 0 Å². The molecule has 0 saturated heterocycles. The Morgan fingerprint density at radius 3 is 2.38 bits per heavy atom. The fourth-order valence-electron chi connectivity index (χ4n) is 0.660. The van der Waals surface area contributed by atoms with Crippen LogP contribution < -0.4 is 9.44 Å². The molecule has 0 radical (unpaired) electrons. The third kappa shape index (κ3) is 7.78. The molecule has 0 aromatic heterocycles. The van der Waals surface area contributed by atoms with Crippen LogP contribution in [0.25, 0.3) is 0 Å². The van der Waals surface area contributed by atoms with Gasteiger partial charge >= 0.3 is 0 Å². The molecule has 2 N–H and O–H groups in total. The van der Waals surface area contributed by atoms with Crippen molar-refractivity contribution >= 4 is 10.2 Å². The van der Waals surface area contributed by atoms with Crippen molar-refractivity contribution in [1.29, 1.82) is 0 Å². The minimum absolute atomic E-state index is 0.361. The van der Waals surface area contributed by atoms with Gasteiger partial charge in [-0.1, -0.05) is 6.92 Å². The molecule has 0 spiro atoms. The number of hydrogen-bond acceptors (Lipinski definition) is 2. The van der Waals surface area contributed by atoms with E-state index in [1.54, 1.807) is 6.92 Å². The summed E-state index contributed by atoms with van der Waals surface area (Å²) < 4.78 is 27.0. The van der Waals surface area contributed by atoms with Gasteiger partial charge in [0.25, 0.3) is 10.2 Å². The third-order valence-corrected chi connectivity index (χ3v) is 2.43. The lowest BCUT2D eigenvalue weighted by atomic mass is 10.4. The molecule has 0 aliphatic carbocycles. The number of hydrogen-bond donors (Lipinski definition) is 2. The number of rotatable bonds is 6. The molecule has 0 aliphatic heterocycles. The van der Waals surface area contributed by atoms with Crippen molar-refractivity contribution in [1.82, 2.24) is 9.44 Å². The molecule has 13 heavy (non-hydrogen) atoms. The van der Waals surface area contributed by atoms with Gasteiger partial charge in [0.15, 0.2) is 0 Å². The molecule has 5 heteroatoms. The maximum Gasteiger partial charge on any atom is 0.276 e. The van der Waals surface area contributed by atoms with Crippen LogP contribution in [0.5, 0.6) is 0 Å². The van der Waals surface area contributed by atoms with Gasteiger partial charge in [0.2, 0.25) is 0 Å². The Morgan fingerprint density at radius 2 is 1.85 bits per heavy atom. The van der Waals surface area contributed by atoms with E-state index in [1.165, 1.54) is 0 Å². The Balaban J connectivity index is 3.68. The summed E-state index contributed by atoms with van der Waals surface area (Å²) in [5, 5.41) is 0. The van der Waals surface area contributed by atoms with Gasteiger partial charge in [-0.3, -0.25) is 0 Å². The average molecular weight is 204 g/mol. The lowest BCUT2D eigenvalue weighted by molar-refractivity contribution is 0.566. The first-order valence-corrected chi connectivity index (χ1v) is 5.74. The number of nitrogens with one attached hydrogen (secondary N) is 2. The van der Waals surface area contributed by atoms with E-state index >= 15 is 0 Å². The lowest BCUT2D eigenvalue weighted by Gasteiger charge is -2.04. The van der Waals surface area contributed by atoms with Gasteiger partial charge < -0.3 is 0 Å². The molecular formula is C8H16N2O2S. The summed E-state index contributed by atoms with van der Waals surface area (Å²) in [6.07, 6.45) is 1.33. The lowest BCUT2D eigenvalue weighted by Crippen LogP contribution is -2.37. The Bertz CT molecular complexity index is 274. The zero-order valence-electron chi connectivity index (χ0n) is 8.05. The first-order valence-electron chi connectivity index (χ1n) is 4.26. The predicted octanol–water partition coefficient (Wildman–Crippen LogP) is 0.234. The molecule has 0 heterocycles. The highest BCUT2D eigenvalue weighted by Crippen LogP contribution is 1.80. The molecule has 0 atom stereocenters. The van der Waals surface area contributed by atoms with Gasteiger partial charge in [0.1, 0.15) is 0 Å². The molecule has 0 aromatic rings.